The van der Waals surface area contributed by atoms with E-state index >= 15 is 0 Å². The van der Waals surface area contributed by atoms with E-state index in [9.17, 15) is 8.42 Å². The summed E-state index contributed by atoms with van der Waals surface area (Å²) in [6.07, 6.45) is 4.43. The van der Waals surface area contributed by atoms with E-state index in [1.54, 1.807) is 18.3 Å². The van der Waals surface area contributed by atoms with Crippen LogP contribution < -0.4 is 14.4 Å². The Balaban J connectivity index is 1.45. The van der Waals surface area contributed by atoms with E-state index in [1.807, 2.05) is 24.0 Å². The summed E-state index contributed by atoms with van der Waals surface area (Å²) < 4.78 is 39.5. The molecule has 1 aromatic heterocycles. The fraction of sp³-hybridized carbons (Fsp3) is 0.524. The van der Waals surface area contributed by atoms with E-state index in [2.05, 4.69) is 9.71 Å². The van der Waals surface area contributed by atoms with Crippen LogP contribution in [0, 0.1) is 6.92 Å². The van der Waals surface area contributed by atoms with Crippen LogP contribution in [0.15, 0.2) is 35.4 Å². The topological polar surface area (TPSA) is 93.7 Å². The van der Waals surface area contributed by atoms with E-state index < -0.39 is 10.0 Å². The Morgan fingerprint density at radius 1 is 1.20 bits per heavy atom. The van der Waals surface area contributed by atoms with Crippen molar-refractivity contribution < 1.29 is 17.9 Å². The van der Waals surface area contributed by atoms with Gasteiger partial charge in [-0.05, 0) is 49.9 Å². The molecule has 9 heteroatoms. The van der Waals surface area contributed by atoms with Crippen LogP contribution in [0.2, 0.25) is 0 Å². The van der Waals surface area contributed by atoms with Gasteiger partial charge in [-0.2, -0.15) is 0 Å². The van der Waals surface area contributed by atoms with Crippen molar-refractivity contribution in [3.8, 4) is 5.75 Å². The zero-order valence-corrected chi connectivity index (χ0v) is 18.2. The van der Waals surface area contributed by atoms with Gasteiger partial charge in [0, 0.05) is 50.2 Å². The fourth-order valence-electron chi connectivity index (χ4n) is 4.05. The molecule has 30 heavy (non-hydrogen) atoms. The molecule has 1 N–H and O–H groups in total. The molecule has 3 heterocycles. The second-order valence-electron chi connectivity index (χ2n) is 7.88. The summed E-state index contributed by atoms with van der Waals surface area (Å²) in [4.78, 5) is 11.4. The van der Waals surface area contributed by atoms with Gasteiger partial charge in [0.05, 0.1) is 7.11 Å². The maximum absolute atomic E-state index is 13.0. The number of methoxy groups -OCH3 is 1. The molecule has 1 atom stereocenters. The summed E-state index contributed by atoms with van der Waals surface area (Å²) in [5.74, 6) is 1.40. The Kier molecular flexibility index (Phi) is 6.21. The van der Waals surface area contributed by atoms with Gasteiger partial charge < -0.3 is 14.4 Å². The number of hydrogen-bond donors (Lipinski definition) is 1. The molecule has 0 amide bonds. The number of ether oxygens (including phenoxy) is 2. The third-order valence-corrected chi connectivity index (χ3v) is 7.25. The summed E-state index contributed by atoms with van der Waals surface area (Å²) in [6, 6.07) is 6.91. The third kappa shape index (κ3) is 4.58. The SMILES string of the molecule is COc1ccc(C)cc1S(=O)(=O)NC1CCN(c2nccc(C3CCOCC3)n2)C1. The lowest BCUT2D eigenvalue weighted by atomic mass is 9.96. The second kappa shape index (κ2) is 8.87. The Morgan fingerprint density at radius 2 is 2.00 bits per heavy atom. The third-order valence-electron chi connectivity index (χ3n) is 5.71. The van der Waals surface area contributed by atoms with Gasteiger partial charge in [0.1, 0.15) is 10.6 Å². The Hall–Kier alpha value is -2.23. The first-order valence-corrected chi connectivity index (χ1v) is 11.8. The quantitative estimate of drug-likeness (QED) is 0.748. The maximum atomic E-state index is 13.0. The molecule has 1 unspecified atom stereocenters. The minimum absolute atomic E-state index is 0.168. The van der Waals surface area contributed by atoms with Gasteiger partial charge in [-0.15, -0.1) is 0 Å². The van der Waals surface area contributed by atoms with Crippen LogP contribution in [-0.2, 0) is 14.8 Å². The number of aryl methyl sites for hydroxylation is 1. The monoisotopic (exact) mass is 432 g/mol. The molecule has 2 aliphatic heterocycles. The van der Waals surface area contributed by atoms with Crippen LogP contribution in [0.3, 0.4) is 0 Å². The first kappa shape index (κ1) is 21.0. The smallest absolute Gasteiger partial charge is 0.244 e. The number of anilines is 1. The van der Waals surface area contributed by atoms with Gasteiger partial charge in [0.2, 0.25) is 16.0 Å². The molecule has 2 aliphatic rings. The van der Waals surface area contributed by atoms with E-state index in [1.165, 1.54) is 7.11 Å². The van der Waals surface area contributed by atoms with Crippen molar-refractivity contribution in [1.82, 2.24) is 14.7 Å². The molecule has 0 spiro atoms. The van der Waals surface area contributed by atoms with Gasteiger partial charge >= 0.3 is 0 Å². The van der Waals surface area contributed by atoms with Gasteiger partial charge in [0.25, 0.3) is 0 Å². The van der Waals surface area contributed by atoms with Crippen molar-refractivity contribution in [1.29, 1.82) is 0 Å². The highest BCUT2D eigenvalue weighted by atomic mass is 32.2. The summed E-state index contributed by atoms with van der Waals surface area (Å²) in [5, 5.41) is 0. The molecule has 2 fully saturated rings. The number of sulfonamides is 1. The first-order chi connectivity index (χ1) is 14.5. The molecule has 0 bridgehead atoms. The van der Waals surface area contributed by atoms with Gasteiger partial charge in [-0.25, -0.2) is 23.1 Å². The first-order valence-electron chi connectivity index (χ1n) is 10.3. The lowest BCUT2D eigenvalue weighted by Crippen LogP contribution is -2.37. The molecule has 8 nitrogen and oxygen atoms in total. The lowest BCUT2D eigenvalue weighted by molar-refractivity contribution is 0.0845. The lowest BCUT2D eigenvalue weighted by Gasteiger charge is -2.23. The normalized spacial score (nSPS) is 20.5. The molecular formula is C21H28N4O4S. The minimum atomic E-state index is -3.70. The average molecular weight is 433 g/mol. The molecule has 2 saturated heterocycles. The number of aromatic nitrogens is 2. The number of nitrogens with zero attached hydrogens (tertiary/aromatic N) is 3. The average Bonchev–Trinajstić information content (AvgIpc) is 3.22. The van der Waals surface area contributed by atoms with Crippen LogP contribution in [0.25, 0.3) is 0 Å². The van der Waals surface area contributed by atoms with E-state index in [4.69, 9.17) is 14.5 Å². The highest BCUT2D eigenvalue weighted by Crippen LogP contribution is 2.28. The molecule has 162 valence electrons. The predicted molar refractivity (Wildman–Crippen MR) is 113 cm³/mol. The summed E-state index contributed by atoms with van der Waals surface area (Å²) >= 11 is 0. The van der Waals surface area contributed by atoms with Gasteiger partial charge in [0.15, 0.2) is 0 Å². The van der Waals surface area contributed by atoms with Crippen molar-refractivity contribution in [3.05, 3.63) is 41.7 Å². The van der Waals surface area contributed by atoms with Crippen LogP contribution >= 0.6 is 0 Å². The van der Waals surface area contributed by atoms with Crippen LogP contribution in [0.5, 0.6) is 5.75 Å². The molecule has 2 aromatic rings. The molecular weight excluding hydrogens is 404 g/mol. The van der Waals surface area contributed by atoms with Crippen LogP contribution in [0.1, 0.15) is 36.4 Å². The molecule has 0 saturated carbocycles. The maximum Gasteiger partial charge on any atom is 0.244 e. The summed E-state index contributed by atoms with van der Waals surface area (Å²) in [5.41, 5.74) is 1.90. The van der Waals surface area contributed by atoms with Crippen molar-refractivity contribution in [2.24, 2.45) is 0 Å². The van der Waals surface area contributed by atoms with Crippen molar-refractivity contribution >= 4 is 16.0 Å². The molecule has 4 rings (SSSR count). The van der Waals surface area contributed by atoms with Crippen molar-refractivity contribution in [3.63, 3.8) is 0 Å². The van der Waals surface area contributed by atoms with E-state index in [0.29, 0.717) is 37.1 Å². The van der Waals surface area contributed by atoms with Crippen LogP contribution in [-0.4, -0.2) is 57.8 Å². The largest absolute Gasteiger partial charge is 0.495 e. The predicted octanol–water partition coefficient (Wildman–Crippen LogP) is 2.24. The van der Waals surface area contributed by atoms with Crippen molar-refractivity contribution in [2.75, 3.05) is 38.3 Å². The Labute approximate surface area is 177 Å². The Morgan fingerprint density at radius 3 is 2.77 bits per heavy atom. The van der Waals surface area contributed by atoms with Gasteiger partial charge in [-0.1, -0.05) is 6.07 Å². The standard InChI is InChI=1S/C21H28N4O4S/c1-15-3-4-19(28-2)20(13-15)30(26,27)24-17-6-10-25(14-17)21-22-9-5-18(23-21)16-7-11-29-12-8-16/h3-5,9,13,16-17,24H,6-8,10-12,14H2,1-2H3. The Bertz CT molecular complexity index is 992. The van der Waals surface area contributed by atoms with E-state index in [0.717, 1.165) is 37.3 Å². The molecule has 0 radical (unpaired) electrons. The van der Waals surface area contributed by atoms with Crippen molar-refractivity contribution in [2.45, 2.75) is 43.0 Å². The number of hydrogen-bond acceptors (Lipinski definition) is 7. The van der Waals surface area contributed by atoms with Crippen LogP contribution in [0.4, 0.5) is 5.95 Å². The fourth-order valence-corrected chi connectivity index (χ4v) is 5.57. The summed E-state index contributed by atoms with van der Waals surface area (Å²) in [7, 11) is -2.22. The number of benzene rings is 1. The number of nitrogens with one attached hydrogen (secondary N) is 1. The van der Waals surface area contributed by atoms with Gasteiger partial charge in [-0.3, -0.25) is 0 Å². The zero-order valence-electron chi connectivity index (χ0n) is 17.4. The minimum Gasteiger partial charge on any atom is -0.495 e. The molecule has 0 aliphatic carbocycles. The molecule has 1 aromatic carbocycles. The highest BCUT2D eigenvalue weighted by Gasteiger charge is 2.30. The van der Waals surface area contributed by atoms with E-state index in [-0.39, 0.29) is 10.9 Å². The number of rotatable bonds is 6. The summed E-state index contributed by atoms with van der Waals surface area (Å²) in [6.45, 7) is 4.62. The second-order valence-corrected chi connectivity index (χ2v) is 9.56. The highest BCUT2D eigenvalue weighted by molar-refractivity contribution is 7.89. The zero-order chi connectivity index (χ0) is 21.1.